The van der Waals surface area contributed by atoms with Crippen molar-refractivity contribution in [3.05, 3.63) is 59.7 Å². The Kier molecular flexibility index (Phi) is 14.8. The summed E-state index contributed by atoms with van der Waals surface area (Å²) in [6.45, 7) is 16.9. The molecule has 0 aromatic heterocycles. The summed E-state index contributed by atoms with van der Waals surface area (Å²) in [4.78, 5) is 0. The number of aromatic hydroxyl groups is 1. The SMILES string of the molecule is BrCCC1OCCCO1.CC(C)(C)c1cccc(O)c1.CC(C)(C)c1cccc(OCCC2OCCCO2)c1. The van der Waals surface area contributed by atoms with Crippen molar-refractivity contribution in [3.63, 3.8) is 0 Å². The number of ether oxygens (including phenoxy) is 5. The van der Waals surface area contributed by atoms with Crippen LogP contribution in [-0.2, 0) is 29.8 Å². The quantitative estimate of drug-likeness (QED) is 0.338. The van der Waals surface area contributed by atoms with E-state index in [1.54, 1.807) is 12.1 Å². The van der Waals surface area contributed by atoms with Gasteiger partial charge in [-0.2, -0.15) is 0 Å². The predicted octanol–water partition coefficient (Wildman–Crippen LogP) is 7.74. The Bertz CT molecular complexity index is 922. The molecule has 2 heterocycles. The molecule has 0 spiro atoms. The van der Waals surface area contributed by atoms with E-state index < -0.39 is 0 Å². The predicted molar refractivity (Wildman–Crippen MR) is 161 cm³/mol. The number of phenols is 1. The Morgan fingerprint density at radius 3 is 1.69 bits per heavy atom. The van der Waals surface area contributed by atoms with E-state index in [0.717, 1.165) is 68.8 Å². The van der Waals surface area contributed by atoms with Crippen LogP contribution in [0.2, 0.25) is 0 Å². The van der Waals surface area contributed by atoms with Crippen molar-refractivity contribution >= 4 is 15.9 Å². The Hall–Kier alpha value is -1.64. The highest BCUT2D eigenvalue weighted by Crippen LogP contribution is 2.26. The van der Waals surface area contributed by atoms with Crippen LogP contribution in [0.25, 0.3) is 0 Å². The molecule has 7 heteroatoms. The molecule has 2 fully saturated rings. The van der Waals surface area contributed by atoms with Gasteiger partial charge in [-0.15, -0.1) is 0 Å². The van der Waals surface area contributed by atoms with Gasteiger partial charge in [-0.3, -0.25) is 0 Å². The van der Waals surface area contributed by atoms with Crippen LogP contribution in [-0.4, -0.2) is 56.1 Å². The van der Waals surface area contributed by atoms with Gasteiger partial charge in [0, 0.05) is 18.2 Å². The highest BCUT2D eigenvalue weighted by atomic mass is 79.9. The molecule has 2 saturated heterocycles. The average Bonchev–Trinajstić information content (AvgIpc) is 2.90. The lowest BCUT2D eigenvalue weighted by molar-refractivity contribution is -0.183. The van der Waals surface area contributed by atoms with Crippen LogP contribution < -0.4 is 4.74 Å². The highest BCUT2D eigenvalue weighted by molar-refractivity contribution is 9.09. The largest absolute Gasteiger partial charge is 0.508 e. The molecule has 2 aliphatic heterocycles. The third-order valence-electron chi connectivity index (χ3n) is 6.17. The van der Waals surface area contributed by atoms with Gasteiger partial charge in [0.05, 0.1) is 33.0 Å². The van der Waals surface area contributed by atoms with E-state index in [1.165, 1.54) is 5.56 Å². The minimum Gasteiger partial charge on any atom is -0.508 e. The standard InChI is InChI=1S/C16H24O3.C10H14O.C6H11BrO2/c1-16(2,3)13-6-4-7-14(12-13)17-11-8-15-18-9-5-10-19-15;1-10(2,3)8-5-4-6-9(11)7-8;7-3-2-6-8-4-1-5-9-6/h4,6-7,12,15H,5,8-11H2,1-3H3;4-7,11H,1-3H3;6H,1-5H2. The number of halogens is 1. The first kappa shape index (κ1) is 33.6. The molecule has 220 valence electrons. The lowest BCUT2D eigenvalue weighted by Crippen LogP contribution is -2.26. The summed E-state index contributed by atoms with van der Waals surface area (Å²) in [6.07, 6.45) is 3.72. The van der Waals surface area contributed by atoms with E-state index in [1.807, 2.05) is 24.3 Å². The van der Waals surface area contributed by atoms with Crippen LogP contribution in [0.15, 0.2) is 48.5 Å². The summed E-state index contributed by atoms with van der Waals surface area (Å²) >= 11 is 3.32. The molecule has 2 aliphatic rings. The van der Waals surface area contributed by atoms with Gasteiger partial charge < -0.3 is 28.8 Å². The summed E-state index contributed by atoms with van der Waals surface area (Å²) in [5.41, 5.74) is 2.72. The van der Waals surface area contributed by atoms with Gasteiger partial charge in [-0.1, -0.05) is 81.7 Å². The smallest absolute Gasteiger partial charge is 0.160 e. The second-order valence-electron chi connectivity index (χ2n) is 11.7. The van der Waals surface area contributed by atoms with E-state index >= 15 is 0 Å². The van der Waals surface area contributed by atoms with E-state index in [2.05, 4.69) is 69.6 Å². The number of hydrogen-bond acceptors (Lipinski definition) is 6. The van der Waals surface area contributed by atoms with Crippen LogP contribution in [0, 0.1) is 0 Å². The van der Waals surface area contributed by atoms with E-state index in [0.29, 0.717) is 12.4 Å². The van der Waals surface area contributed by atoms with Crippen molar-refractivity contribution in [1.29, 1.82) is 0 Å². The lowest BCUT2D eigenvalue weighted by Gasteiger charge is -2.23. The first-order valence-electron chi connectivity index (χ1n) is 14.0. The molecular weight excluding hydrogens is 560 g/mol. The molecule has 6 nitrogen and oxygen atoms in total. The van der Waals surface area contributed by atoms with Crippen molar-refractivity contribution in [2.45, 2.75) is 90.6 Å². The zero-order chi connectivity index (χ0) is 28.7. The summed E-state index contributed by atoms with van der Waals surface area (Å²) in [7, 11) is 0. The molecule has 1 N–H and O–H groups in total. The van der Waals surface area contributed by atoms with E-state index in [9.17, 15) is 5.11 Å². The maximum Gasteiger partial charge on any atom is 0.160 e. The molecule has 0 amide bonds. The van der Waals surface area contributed by atoms with Gasteiger partial charge in [0.2, 0.25) is 0 Å². The Balaban J connectivity index is 0.000000226. The molecule has 39 heavy (non-hydrogen) atoms. The second kappa shape index (κ2) is 17.2. The minimum absolute atomic E-state index is 0.0538. The molecule has 2 aromatic rings. The fraction of sp³-hybridized carbons (Fsp3) is 0.625. The van der Waals surface area contributed by atoms with Crippen LogP contribution in [0.1, 0.15) is 78.4 Å². The third-order valence-corrected chi connectivity index (χ3v) is 6.63. The van der Waals surface area contributed by atoms with Crippen LogP contribution >= 0.6 is 15.9 Å². The van der Waals surface area contributed by atoms with Crippen molar-refractivity contribution in [3.8, 4) is 11.5 Å². The first-order chi connectivity index (χ1) is 18.5. The molecule has 0 aliphatic carbocycles. The van der Waals surface area contributed by atoms with Crippen molar-refractivity contribution in [1.82, 2.24) is 0 Å². The highest BCUT2D eigenvalue weighted by Gasteiger charge is 2.16. The van der Waals surface area contributed by atoms with Crippen molar-refractivity contribution in [2.75, 3.05) is 38.4 Å². The molecule has 0 radical (unpaired) electrons. The van der Waals surface area contributed by atoms with Crippen LogP contribution in [0.3, 0.4) is 0 Å². The fourth-order valence-corrected chi connectivity index (χ4v) is 4.17. The fourth-order valence-electron chi connectivity index (χ4n) is 3.79. The number of hydrogen-bond donors (Lipinski definition) is 1. The van der Waals surface area contributed by atoms with E-state index in [4.69, 9.17) is 23.7 Å². The monoisotopic (exact) mass is 608 g/mol. The zero-order valence-electron chi connectivity index (χ0n) is 24.7. The maximum atomic E-state index is 9.18. The molecule has 0 atom stereocenters. The van der Waals surface area contributed by atoms with Gasteiger partial charge in [0.15, 0.2) is 12.6 Å². The van der Waals surface area contributed by atoms with Crippen molar-refractivity contribution in [2.24, 2.45) is 0 Å². The minimum atomic E-state index is -0.0976. The molecule has 0 bridgehead atoms. The molecule has 0 unspecified atom stereocenters. The Morgan fingerprint density at radius 2 is 1.23 bits per heavy atom. The van der Waals surface area contributed by atoms with E-state index in [-0.39, 0.29) is 23.4 Å². The topological polar surface area (TPSA) is 66.4 Å². The van der Waals surface area contributed by atoms with Crippen molar-refractivity contribution < 1.29 is 28.8 Å². The summed E-state index contributed by atoms with van der Waals surface area (Å²) < 4.78 is 27.3. The zero-order valence-corrected chi connectivity index (χ0v) is 26.3. The molecule has 0 saturated carbocycles. The molecular formula is C32H49BrO6. The first-order valence-corrected chi connectivity index (χ1v) is 15.2. The third kappa shape index (κ3) is 14.0. The molecule has 2 aromatic carbocycles. The summed E-state index contributed by atoms with van der Waals surface area (Å²) in [6, 6.07) is 15.7. The lowest BCUT2D eigenvalue weighted by atomic mass is 9.87. The van der Waals surface area contributed by atoms with Gasteiger partial charge >= 0.3 is 0 Å². The Morgan fingerprint density at radius 1 is 0.744 bits per heavy atom. The summed E-state index contributed by atoms with van der Waals surface area (Å²) in [5.74, 6) is 1.26. The second-order valence-corrected chi connectivity index (χ2v) is 12.5. The maximum absolute atomic E-state index is 9.18. The normalized spacial score (nSPS) is 16.9. The Labute approximate surface area is 244 Å². The molecule has 4 rings (SSSR count). The average molecular weight is 610 g/mol. The van der Waals surface area contributed by atoms with Crippen LogP contribution in [0.4, 0.5) is 0 Å². The van der Waals surface area contributed by atoms with Gasteiger partial charge in [-0.05, 0) is 59.1 Å². The number of benzene rings is 2. The van der Waals surface area contributed by atoms with Crippen LogP contribution in [0.5, 0.6) is 11.5 Å². The van der Waals surface area contributed by atoms with Gasteiger partial charge in [0.1, 0.15) is 11.5 Å². The number of alkyl halides is 1. The number of rotatable bonds is 6. The van der Waals surface area contributed by atoms with Gasteiger partial charge in [0.25, 0.3) is 0 Å². The number of phenolic OH excluding ortho intramolecular Hbond substituents is 1. The summed E-state index contributed by atoms with van der Waals surface area (Å²) in [5, 5.41) is 10.1. The van der Waals surface area contributed by atoms with Gasteiger partial charge in [-0.25, -0.2) is 0 Å².